The van der Waals surface area contributed by atoms with E-state index < -0.39 is 22.2 Å². The lowest BCUT2D eigenvalue weighted by molar-refractivity contribution is -0.145. The van der Waals surface area contributed by atoms with E-state index in [9.17, 15) is 18.0 Å². The molecule has 1 saturated heterocycles. The third-order valence-electron chi connectivity index (χ3n) is 6.62. The zero-order valence-electron chi connectivity index (χ0n) is 19.9. The highest BCUT2D eigenvalue weighted by Gasteiger charge is 2.45. The van der Waals surface area contributed by atoms with Crippen molar-refractivity contribution < 1.29 is 27.5 Å². The van der Waals surface area contributed by atoms with Crippen LogP contribution < -0.4 is 0 Å². The molecule has 0 N–H and O–H groups in total. The van der Waals surface area contributed by atoms with Crippen molar-refractivity contribution in [3.8, 4) is 0 Å². The van der Waals surface area contributed by atoms with E-state index in [4.69, 9.17) is 9.47 Å². The number of hydrogen-bond donors (Lipinski definition) is 0. The second kappa shape index (κ2) is 11.2. The van der Waals surface area contributed by atoms with Crippen LogP contribution in [0.3, 0.4) is 0 Å². The minimum Gasteiger partial charge on any atom is -0.466 e. The smallest absolute Gasteiger partial charge is 0.410 e. The Balaban J connectivity index is 1.43. The van der Waals surface area contributed by atoms with Crippen molar-refractivity contribution >= 4 is 22.1 Å². The van der Waals surface area contributed by atoms with Gasteiger partial charge < -0.3 is 14.4 Å². The fraction of sp³-hybridized carbons (Fsp3) is 0.462. The first kappa shape index (κ1) is 25.2. The number of ether oxygens (including phenoxy) is 2. The van der Waals surface area contributed by atoms with Gasteiger partial charge in [-0.05, 0) is 49.8 Å². The molecule has 3 atom stereocenters. The highest BCUT2D eigenvalue weighted by atomic mass is 32.2. The van der Waals surface area contributed by atoms with Crippen LogP contribution in [0.2, 0.25) is 0 Å². The average molecular weight is 501 g/mol. The topological polar surface area (TPSA) is 93.2 Å². The lowest BCUT2D eigenvalue weighted by atomic mass is 10.1. The van der Waals surface area contributed by atoms with Crippen LogP contribution in [0.5, 0.6) is 0 Å². The SMILES string of the molecule is CCOC(=O)C1CC1CC[C@H]1CN(C(=O)OCc2ccccc2)CCN1S(=O)(=O)c1ccccc1. The van der Waals surface area contributed by atoms with Gasteiger partial charge in [-0.15, -0.1) is 0 Å². The number of carbonyl (C=O) groups excluding carboxylic acids is 2. The fourth-order valence-electron chi connectivity index (χ4n) is 4.61. The normalized spacial score (nSPS) is 22.4. The number of nitrogens with zero attached hydrogens (tertiary/aromatic N) is 2. The predicted molar refractivity (Wildman–Crippen MR) is 130 cm³/mol. The number of hydrogen-bond acceptors (Lipinski definition) is 6. The van der Waals surface area contributed by atoms with Gasteiger partial charge in [0.2, 0.25) is 10.0 Å². The van der Waals surface area contributed by atoms with Gasteiger partial charge in [0, 0.05) is 25.7 Å². The molecule has 2 aromatic carbocycles. The second-order valence-electron chi connectivity index (χ2n) is 9.00. The number of carbonyl (C=O) groups is 2. The van der Waals surface area contributed by atoms with Crippen molar-refractivity contribution in [2.75, 3.05) is 26.2 Å². The van der Waals surface area contributed by atoms with Gasteiger partial charge in [-0.2, -0.15) is 4.31 Å². The molecule has 2 fully saturated rings. The van der Waals surface area contributed by atoms with Crippen LogP contribution in [0.1, 0.15) is 31.7 Å². The zero-order valence-corrected chi connectivity index (χ0v) is 20.7. The molecule has 0 spiro atoms. The zero-order chi connectivity index (χ0) is 24.8. The minimum absolute atomic E-state index is 0.107. The molecule has 2 aliphatic rings. The molecule has 1 amide bonds. The summed E-state index contributed by atoms with van der Waals surface area (Å²) in [5.74, 6) is -0.0959. The van der Waals surface area contributed by atoms with E-state index in [2.05, 4.69) is 0 Å². The summed E-state index contributed by atoms with van der Waals surface area (Å²) in [5, 5.41) is 0. The van der Waals surface area contributed by atoms with Gasteiger partial charge in [0.05, 0.1) is 17.4 Å². The van der Waals surface area contributed by atoms with Crippen LogP contribution in [0.15, 0.2) is 65.6 Å². The lowest BCUT2D eigenvalue weighted by Gasteiger charge is -2.40. The van der Waals surface area contributed by atoms with Crippen molar-refractivity contribution in [3.05, 3.63) is 66.2 Å². The Morgan fingerprint density at radius 3 is 2.31 bits per heavy atom. The Kier molecular flexibility index (Phi) is 8.07. The van der Waals surface area contributed by atoms with Crippen LogP contribution in [0.4, 0.5) is 4.79 Å². The van der Waals surface area contributed by atoms with Crippen molar-refractivity contribution in [1.82, 2.24) is 9.21 Å². The van der Waals surface area contributed by atoms with Gasteiger partial charge >= 0.3 is 12.1 Å². The van der Waals surface area contributed by atoms with Crippen molar-refractivity contribution in [2.45, 2.75) is 43.7 Å². The predicted octanol–water partition coefficient (Wildman–Crippen LogP) is 3.68. The Morgan fingerprint density at radius 1 is 0.943 bits per heavy atom. The van der Waals surface area contributed by atoms with Crippen molar-refractivity contribution in [2.24, 2.45) is 11.8 Å². The van der Waals surface area contributed by atoms with Crippen LogP contribution in [0, 0.1) is 11.8 Å². The summed E-state index contributed by atoms with van der Waals surface area (Å²) >= 11 is 0. The molecule has 0 radical (unpaired) electrons. The molecule has 35 heavy (non-hydrogen) atoms. The molecule has 0 bridgehead atoms. The maximum absolute atomic E-state index is 13.4. The summed E-state index contributed by atoms with van der Waals surface area (Å²) < 4.78 is 39.0. The summed E-state index contributed by atoms with van der Waals surface area (Å²) in [4.78, 5) is 26.6. The molecule has 1 aliphatic carbocycles. The molecular formula is C26H32N2O6S. The maximum Gasteiger partial charge on any atom is 0.410 e. The number of piperazine rings is 1. The third kappa shape index (κ3) is 6.21. The van der Waals surface area contributed by atoms with E-state index >= 15 is 0 Å². The molecule has 4 rings (SSSR count). The molecule has 0 aromatic heterocycles. The van der Waals surface area contributed by atoms with E-state index in [0.29, 0.717) is 19.4 Å². The number of benzene rings is 2. The minimum atomic E-state index is -3.72. The van der Waals surface area contributed by atoms with Crippen LogP contribution in [0.25, 0.3) is 0 Å². The monoisotopic (exact) mass is 500 g/mol. The second-order valence-corrected chi connectivity index (χ2v) is 10.9. The molecule has 8 nitrogen and oxygen atoms in total. The van der Waals surface area contributed by atoms with Crippen molar-refractivity contribution in [3.63, 3.8) is 0 Å². The summed E-state index contributed by atoms with van der Waals surface area (Å²) in [5.41, 5.74) is 0.890. The van der Waals surface area contributed by atoms with Gasteiger partial charge in [0.25, 0.3) is 0 Å². The van der Waals surface area contributed by atoms with Crippen LogP contribution in [-0.2, 0) is 30.9 Å². The number of sulfonamides is 1. The molecule has 1 saturated carbocycles. The van der Waals surface area contributed by atoms with E-state index in [1.807, 2.05) is 30.3 Å². The summed E-state index contributed by atoms with van der Waals surface area (Å²) in [6.45, 7) is 2.99. The Labute approximate surface area is 206 Å². The van der Waals surface area contributed by atoms with E-state index in [1.165, 1.54) is 4.31 Å². The number of amides is 1. The van der Waals surface area contributed by atoms with Crippen LogP contribution >= 0.6 is 0 Å². The summed E-state index contributed by atoms with van der Waals surface area (Å²) in [6.07, 6.45) is 1.56. The molecule has 9 heteroatoms. The maximum atomic E-state index is 13.4. The quantitative estimate of drug-likeness (QED) is 0.488. The highest BCUT2D eigenvalue weighted by Crippen LogP contribution is 2.43. The van der Waals surface area contributed by atoms with E-state index in [0.717, 1.165) is 12.0 Å². The average Bonchev–Trinajstić information content (AvgIpc) is 3.67. The molecule has 1 aliphatic heterocycles. The molecule has 2 unspecified atom stereocenters. The largest absolute Gasteiger partial charge is 0.466 e. The first-order valence-corrected chi connectivity index (χ1v) is 13.5. The van der Waals surface area contributed by atoms with E-state index in [-0.39, 0.29) is 48.9 Å². The van der Waals surface area contributed by atoms with Gasteiger partial charge in [-0.1, -0.05) is 48.5 Å². The van der Waals surface area contributed by atoms with Gasteiger partial charge in [-0.25, -0.2) is 13.2 Å². The molecule has 1 heterocycles. The first-order chi connectivity index (χ1) is 16.9. The highest BCUT2D eigenvalue weighted by molar-refractivity contribution is 7.89. The summed E-state index contributed by atoms with van der Waals surface area (Å²) in [7, 11) is -3.72. The van der Waals surface area contributed by atoms with Crippen molar-refractivity contribution in [1.29, 1.82) is 0 Å². The van der Waals surface area contributed by atoms with Gasteiger partial charge in [0.15, 0.2) is 0 Å². The molecular weight excluding hydrogens is 468 g/mol. The lowest BCUT2D eigenvalue weighted by Crippen LogP contribution is -2.56. The van der Waals surface area contributed by atoms with Gasteiger partial charge in [-0.3, -0.25) is 4.79 Å². The number of rotatable bonds is 9. The number of esters is 1. The van der Waals surface area contributed by atoms with Crippen LogP contribution in [-0.4, -0.2) is 62.0 Å². The standard InChI is InChI=1S/C26H32N2O6S/c1-2-33-25(29)24-17-21(24)13-14-22-18-27(26(30)34-19-20-9-5-3-6-10-20)15-16-28(22)35(31,32)23-11-7-4-8-12-23/h3-12,21-22,24H,2,13-19H2,1H3/t21?,22-,24?/m0/s1. The first-order valence-electron chi connectivity index (χ1n) is 12.1. The Bertz CT molecular complexity index is 1110. The fourth-order valence-corrected chi connectivity index (χ4v) is 6.26. The molecule has 2 aromatic rings. The molecule has 188 valence electrons. The van der Waals surface area contributed by atoms with Gasteiger partial charge in [0.1, 0.15) is 6.61 Å². The Morgan fingerprint density at radius 2 is 1.63 bits per heavy atom. The summed E-state index contributed by atoms with van der Waals surface area (Å²) in [6, 6.07) is 17.4. The van der Waals surface area contributed by atoms with E-state index in [1.54, 1.807) is 42.2 Å². The third-order valence-corrected chi connectivity index (χ3v) is 8.59. The Hall–Kier alpha value is -2.91.